The van der Waals surface area contributed by atoms with E-state index in [0.717, 1.165) is 34.6 Å². The summed E-state index contributed by atoms with van der Waals surface area (Å²) in [6.07, 6.45) is 4.15. The van der Waals surface area contributed by atoms with Crippen LogP contribution in [-0.4, -0.2) is 26.8 Å². The van der Waals surface area contributed by atoms with Crippen LogP contribution in [0.15, 0.2) is 22.7 Å². The number of likely N-dealkylation sites (N-methyl/N-ethyl adjacent to an activating group) is 1. The molecule has 0 saturated heterocycles. The van der Waals surface area contributed by atoms with Gasteiger partial charge in [-0.3, -0.25) is 0 Å². The van der Waals surface area contributed by atoms with Crippen molar-refractivity contribution in [3.05, 3.63) is 28.2 Å². The summed E-state index contributed by atoms with van der Waals surface area (Å²) in [5, 5.41) is 3.24. The summed E-state index contributed by atoms with van der Waals surface area (Å²) in [5.41, 5.74) is 1.08. The minimum absolute atomic E-state index is 0.616. The zero-order valence-corrected chi connectivity index (χ0v) is 12.7. The lowest BCUT2D eigenvalue weighted by Crippen LogP contribution is -2.11. The smallest absolute Gasteiger partial charge is 0.175 e. The Bertz CT molecular complexity index is 405. The molecular formula is C14H20BrNO2. The van der Waals surface area contributed by atoms with Crippen LogP contribution in [0.3, 0.4) is 0 Å². The van der Waals surface area contributed by atoms with Gasteiger partial charge < -0.3 is 14.8 Å². The van der Waals surface area contributed by atoms with Crippen molar-refractivity contribution in [3.63, 3.8) is 0 Å². The fourth-order valence-electron chi connectivity index (χ4n) is 1.54. The van der Waals surface area contributed by atoms with Gasteiger partial charge in [-0.25, -0.2) is 0 Å². The lowest BCUT2D eigenvalue weighted by Gasteiger charge is -2.12. The normalized spacial score (nSPS) is 10.9. The number of rotatable bonds is 7. The fraction of sp³-hybridized carbons (Fsp3) is 0.429. The van der Waals surface area contributed by atoms with E-state index in [1.165, 1.54) is 0 Å². The monoisotopic (exact) mass is 313 g/mol. The van der Waals surface area contributed by atoms with Gasteiger partial charge in [0.2, 0.25) is 0 Å². The molecule has 18 heavy (non-hydrogen) atoms. The van der Waals surface area contributed by atoms with Gasteiger partial charge in [0.05, 0.1) is 18.2 Å². The fourth-order valence-corrected chi connectivity index (χ4v) is 2.12. The first-order chi connectivity index (χ1) is 8.72. The molecule has 0 heterocycles. The third-order valence-corrected chi connectivity index (χ3v) is 2.95. The Balaban J connectivity index is 2.88. The van der Waals surface area contributed by atoms with E-state index < -0.39 is 0 Å². The van der Waals surface area contributed by atoms with Crippen LogP contribution in [0.5, 0.6) is 11.5 Å². The lowest BCUT2D eigenvalue weighted by molar-refractivity contribution is 0.309. The van der Waals surface area contributed by atoms with Gasteiger partial charge in [0, 0.05) is 6.54 Å². The second-order valence-electron chi connectivity index (χ2n) is 3.68. The van der Waals surface area contributed by atoms with E-state index in [0.29, 0.717) is 6.61 Å². The summed E-state index contributed by atoms with van der Waals surface area (Å²) in [4.78, 5) is 0. The molecule has 4 heteroatoms. The Morgan fingerprint density at radius 1 is 1.33 bits per heavy atom. The molecule has 0 atom stereocenters. The minimum atomic E-state index is 0.616. The number of halogens is 1. The first-order valence-electron chi connectivity index (χ1n) is 6.10. The van der Waals surface area contributed by atoms with Crippen LogP contribution in [0.4, 0.5) is 0 Å². The van der Waals surface area contributed by atoms with Crippen LogP contribution in [0.25, 0.3) is 6.08 Å². The Hall–Kier alpha value is -1.00. The molecule has 0 radical (unpaired) electrons. The van der Waals surface area contributed by atoms with E-state index in [2.05, 4.69) is 40.3 Å². The highest BCUT2D eigenvalue weighted by atomic mass is 79.9. The van der Waals surface area contributed by atoms with Crippen molar-refractivity contribution in [1.29, 1.82) is 0 Å². The van der Waals surface area contributed by atoms with Gasteiger partial charge in [0.15, 0.2) is 11.5 Å². The van der Waals surface area contributed by atoms with E-state index in [1.807, 2.05) is 19.1 Å². The molecule has 1 aromatic rings. The quantitative estimate of drug-likeness (QED) is 0.782. The van der Waals surface area contributed by atoms with Crippen LogP contribution in [0.1, 0.15) is 19.4 Å². The number of benzene rings is 1. The summed E-state index contributed by atoms with van der Waals surface area (Å²) >= 11 is 3.51. The van der Waals surface area contributed by atoms with E-state index >= 15 is 0 Å². The summed E-state index contributed by atoms with van der Waals surface area (Å²) < 4.78 is 11.8. The highest BCUT2D eigenvalue weighted by Gasteiger charge is 2.09. The van der Waals surface area contributed by atoms with Crippen molar-refractivity contribution in [3.8, 4) is 11.5 Å². The number of ether oxygens (including phenoxy) is 2. The second-order valence-corrected chi connectivity index (χ2v) is 4.53. The number of hydrogen-bond donors (Lipinski definition) is 1. The SMILES string of the molecule is CCNCC=Cc1cc(Br)c(OCC)c(OC)c1. The largest absolute Gasteiger partial charge is 0.493 e. The van der Waals surface area contributed by atoms with Crippen LogP contribution in [0.2, 0.25) is 0 Å². The maximum atomic E-state index is 5.55. The van der Waals surface area contributed by atoms with Crippen molar-refractivity contribution in [2.24, 2.45) is 0 Å². The first kappa shape index (κ1) is 15.1. The Kier molecular flexibility index (Phi) is 6.83. The Morgan fingerprint density at radius 2 is 2.11 bits per heavy atom. The number of methoxy groups -OCH3 is 1. The molecule has 0 aliphatic heterocycles. The molecule has 3 nitrogen and oxygen atoms in total. The highest BCUT2D eigenvalue weighted by Crippen LogP contribution is 2.36. The molecule has 100 valence electrons. The Labute approximate surface area is 117 Å². The van der Waals surface area contributed by atoms with E-state index in [9.17, 15) is 0 Å². The zero-order chi connectivity index (χ0) is 13.4. The lowest BCUT2D eigenvalue weighted by atomic mass is 10.2. The molecule has 0 unspecified atom stereocenters. The van der Waals surface area contributed by atoms with Gasteiger partial charge in [0.25, 0.3) is 0 Å². The highest BCUT2D eigenvalue weighted by molar-refractivity contribution is 9.10. The van der Waals surface area contributed by atoms with Gasteiger partial charge >= 0.3 is 0 Å². The molecule has 0 fully saturated rings. The van der Waals surface area contributed by atoms with Gasteiger partial charge in [-0.2, -0.15) is 0 Å². The molecule has 0 aromatic heterocycles. The standard InChI is InChI=1S/C14H20BrNO2/c1-4-16-8-6-7-11-9-12(15)14(18-5-2)13(10-11)17-3/h6-7,9-10,16H,4-5,8H2,1-3H3. The van der Waals surface area contributed by atoms with Crippen molar-refractivity contribution >= 4 is 22.0 Å². The molecule has 0 bridgehead atoms. The van der Waals surface area contributed by atoms with Crippen LogP contribution >= 0.6 is 15.9 Å². The van der Waals surface area contributed by atoms with E-state index in [1.54, 1.807) is 7.11 Å². The maximum absolute atomic E-state index is 5.55. The van der Waals surface area contributed by atoms with Crippen molar-refractivity contribution < 1.29 is 9.47 Å². The summed E-state index contributed by atoms with van der Waals surface area (Å²) in [6, 6.07) is 3.99. The van der Waals surface area contributed by atoms with E-state index in [-0.39, 0.29) is 0 Å². The predicted molar refractivity (Wildman–Crippen MR) is 79.4 cm³/mol. The second kappa shape index (κ2) is 8.16. The molecule has 0 saturated carbocycles. The first-order valence-corrected chi connectivity index (χ1v) is 6.89. The molecule has 1 rings (SSSR count). The van der Waals surface area contributed by atoms with Crippen molar-refractivity contribution in [2.75, 3.05) is 26.8 Å². The van der Waals surface area contributed by atoms with Crippen LogP contribution in [-0.2, 0) is 0 Å². The van der Waals surface area contributed by atoms with Crippen LogP contribution < -0.4 is 14.8 Å². The van der Waals surface area contributed by atoms with Crippen molar-refractivity contribution in [2.45, 2.75) is 13.8 Å². The molecule has 1 N–H and O–H groups in total. The molecule has 0 spiro atoms. The molecule has 0 aliphatic rings. The Morgan fingerprint density at radius 3 is 2.72 bits per heavy atom. The average Bonchev–Trinajstić information content (AvgIpc) is 2.37. The summed E-state index contributed by atoms with van der Waals surface area (Å²) in [7, 11) is 1.65. The van der Waals surface area contributed by atoms with Gasteiger partial charge in [-0.15, -0.1) is 0 Å². The molecule has 0 amide bonds. The summed E-state index contributed by atoms with van der Waals surface area (Å²) in [5.74, 6) is 1.50. The molecule has 0 aliphatic carbocycles. The summed E-state index contributed by atoms with van der Waals surface area (Å²) in [6.45, 7) is 6.50. The topological polar surface area (TPSA) is 30.5 Å². The van der Waals surface area contributed by atoms with Gasteiger partial charge in [-0.1, -0.05) is 19.1 Å². The number of nitrogens with one attached hydrogen (secondary N) is 1. The third kappa shape index (κ3) is 4.35. The predicted octanol–water partition coefficient (Wildman–Crippen LogP) is 3.48. The van der Waals surface area contributed by atoms with E-state index in [4.69, 9.17) is 9.47 Å². The van der Waals surface area contributed by atoms with Gasteiger partial charge in [-0.05, 0) is 47.1 Å². The third-order valence-electron chi connectivity index (χ3n) is 2.36. The minimum Gasteiger partial charge on any atom is -0.493 e. The van der Waals surface area contributed by atoms with Crippen LogP contribution in [0, 0.1) is 0 Å². The molecule has 1 aromatic carbocycles. The maximum Gasteiger partial charge on any atom is 0.175 e. The van der Waals surface area contributed by atoms with Crippen molar-refractivity contribution in [1.82, 2.24) is 5.32 Å². The average molecular weight is 314 g/mol. The number of hydrogen-bond acceptors (Lipinski definition) is 3. The zero-order valence-electron chi connectivity index (χ0n) is 11.1. The van der Waals surface area contributed by atoms with Gasteiger partial charge in [0.1, 0.15) is 0 Å². The molecular weight excluding hydrogens is 294 g/mol.